The summed E-state index contributed by atoms with van der Waals surface area (Å²) in [5.41, 5.74) is 3.48. The molecule has 1 fully saturated rings. The molecule has 2 aliphatic rings. The van der Waals surface area contributed by atoms with Gasteiger partial charge in [-0.05, 0) is 38.2 Å². The number of nitrogens with one attached hydrogen (secondary N) is 1. The van der Waals surface area contributed by atoms with Crippen LogP contribution in [-0.4, -0.2) is 40.2 Å². The molecule has 0 bridgehead atoms. The summed E-state index contributed by atoms with van der Waals surface area (Å²) < 4.78 is 7.32. The fraction of sp³-hybridized carbons (Fsp3) is 0.591. The maximum absolute atomic E-state index is 6.21. The van der Waals surface area contributed by atoms with Gasteiger partial charge in [0.15, 0.2) is 0 Å². The average molecular weight is 412 g/mol. The number of thiophene rings is 1. The Morgan fingerprint density at radius 1 is 1.21 bits per heavy atom. The molecule has 5 rings (SSSR count). The van der Waals surface area contributed by atoms with Gasteiger partial charge in [0.2, 0.25) is 0 Å². The van der Waals surface area contributed by atoms with Gasteiger partial charge in [0.25, 0.3) is 0 Å². The predicted molar refractivity (Wildman–Crippen MR) is 120 cm³/mol. The average Bonchev–Trinajstić information content (AvgIpc) is 3.32. The van der Waals surface area contributed by atoms with E-state index in [2.05, 4.69) is 42.9 Å². The smallest absolute Gasteiger partial charge is 0.147 e. The van der Waals surface area contributed by atoms with Crippen LogP contribution in [-0.2, 0) is 17.8 Å². The van der Waals surface area contributed by atoms with Gasteiger partial charge in [-0.15, -0.1) is 11.3 Å². The molecule has 6 nitrogen and oxygen atoms in total. The molecule has 0 atom stereocenters. The van der Waals surface area contributed by atoms with E-state index in [1.54, 1.807) is 17.7 Å². The molecule has 1 saturated heterocycles. The first kappa shape index (κ1) is 19.0. The minimum absolute atomic E-state index is 0.177. The Hall–Kier alpha value is -1.99. The molecule has 0 aliphatic carbocycles. The van der Waals surface area contributed by atoms with Crippen molar-refractivity contribution in [3.8, 4) is 0 Å². The van der Waals surface area contributed by atoms with E-state index in [0.717, 1.165) is 52.7 Å². The van der Waals surface area contributed by atoms with Gasteiger partial charge in [0.05, 0.1) is 22.4 Å². The standard InChI is InChI=1S/C22H29N5OS/c1-13(2)10-23-19-18-17(24-12-25-19)16-14-9-22(3,4)28-11-15(14)20(26-21(16)29-18)27-7-5-6-8-27/h12-13H,5-11H2,1-4H3,(H,23,24,25). The highest BCUT2D eigenvalue weighted by molar-refractivity contribution is 7.26. The third-order valence-electron chi connectivity index (χ3n) is 5.89. The van der Waals surface area contributed by atoms with Crippen LogP contribution >= 0.6 is 11.3 Å². The summed E-state index contributed by atoms with van der Waals surface area (Å²) in [6.45, 7) is 12.5. The third kappa shape index (κ3) is 3.34. The molecule has 0 radical (unpaired) electrons. The molecule has 0 aromatic carbocycles. The summed E-state index contributed by atoms with van der Waals surface area (Å²) >= 11 is 1.72. The SMILES string of the molecule is CC(C)CNc1ncnc2c1sc1nc(N3CCCC3)c3c(c12)CC(C)(C)OC3. The zero-order valence-electron chi connectivity index (χ0n) is 17.7. The highest BCUT2D eigenvalue weighted by atomic mass is 32.1. The first-order valence-corrected chi connectivity index (χ1v) is 11.5. The van der Waals surface area contributed by atoms with Crippen molar-refractivity contribution in [1.29, 1.82) is 0 Å². The van der Waals surface area contributed by atoms with E-state index in [9.17, 15) is 0 Å². The summed E-state index contributed by atoms with van der Waals surface area (Å²) in [6, 6.07) is 0. The second-order valence-corrected chi connectivity index (χ2v) is 10.3. The maximum atomic E-state index is 6.21. The van der Waals surface area contributed by atoms with Crippen molar-refractivity contribution in [3.05, 3.63) is 17.5 Å². The molecular formula is C22H29N5OS. The Balaban J connectivity index is 1.74. The van der Waals surface area contributed by atoms with Crippen LogP contribution in [0, 0.1) is 5.92 Å². The maximum Gasteiger partial charge on any atom is 0.147 e. The second kappa shape index (κ2) is 7.06. The van der Waals surface area contributed by atoms with Crippen molar-refractivity contribution in [2.75, 3.05) is 29.9 Å². The highest BCUT2D eigenvalue weighted by Crippen LogP contribution is 2.44. The van der Waals surface area contributed by atoms with Crippen LogP contribution in [0.25, 0.3) is 20.4 Å². The van der Waals surface area contributed by atoms with E-state index in [0.29, 0.717) is 12.5 Å². The summed E-state index contributed by atoms with van der Waals surface area (Å²) in [6.07, 6.45) is 5.04. The van der Waals surface area contributed by atoms with Crippen LogP contribution in [0.1, 0.15) is 51.7 Å². The lowest BCUT2D eigenvalue weighted by atomic mass is 9.90. The Morgan fingerprint density at radius 3 is 2.76 bits per heavy atom. The van der Waals surface area contributed by atoms with Gasteiger partial charge in [0, 0.05) is 37.0 Å². The number of fused-ring (bicyclic) bond motifs is 5. The first-order chi connectivity index (χ1) is 13.9. The van der Waals surface area contributed by atoms with Crippen molar-refractivity contribution < 1.29 is 4.74 Å². The van der Waals surface area contributed by atoms with Gasteiger partial charge >= 0.3 is 0 Å². The zero-order chi connectivity index (χ0) is 20.2. The Bertz CT molecular complexity index is 1070. The van der Waals surface area contributed by atoms with E-state index in [1.807, 2.05) is 0 Å². The number of aromatic nitrogens is 3. The molecule has 0 unspecified atom stereocenters. The topological polar surface area (TPSA) is 63.2 Å². The molecular weight excluding hydrogens is 382 g/mol. The van der Waals surface area contributed by atoms with Crippen LogP contribution in [0.3, 0.4) is 0 Å². The van der Waals surface area contributed by atoms with Gasteiger partial charge in [0.1, 0.15) is 22.8 Å². The van der Waals surface area contributed by atoms with Crippen molar-refractivity contribution >= 4 is 43.4 Å². The fourth-order valence-corrected chi connectivity index (χ4v) is 5.53. The van der Waals surface area contributed by atoms with Crippen molar-refractivity contribution in [2.45, 2.75) is 59.2 Å². The molecule has 1 N–H and O–H groups in total. The summed E-state index contributed by atoms with van der Waals surface area (Å²) in [4.78, 5) is 17.9. The Morgan fingerprint density at radius 2 is 2.00 bits per heavy atom. The molecule has 7 heteroatoms. The van der Waals surface area contributed by atoms with E-state index < -0.39 is 0 Å². The van der Waals surface area contributed by atoms with E-state index in [-0.39, 0.29) is 5.60 Å². The lowest BCUT2D eigenvalue weighted by Gasteiger charge is -2.34. The van der Waals surface area contributed by atoms with Crippen molar-refractivity contribution in [3.63, 3.8) is 0 Å². The van der Waals surface area contributed by atoms with E-state index in [4.69, 9.17) is 14.7 Å². The quantitative estimate of drug-likeness (QED) is 0.668. The van der Waals surface area contributed by atoms with Gasteiger partial charge in [-0.25, -0.2) is 15.0 Å². The molecule has 2 aliphatic heterocycles. The fourth-order valence-electron chi connectivity index (χ4n) is 4.41. The lowest BCUT2D eigenvalue weighted by Crippen LogP contribution is -2.33. The van der Waals surface area contributed by atoms with Gasteiger partial charge in [-0.1, -0.05) is 13.8 Å². The molecule has 29 heavy (non-hydrogen) atoms. The van der Waals surface area contributed by atoms with Crippen LogP contribution in [0.4, 0.5) is 11.6 Å². The van der Waals surface area contributed by atoms with E-state index >= 15 is 0 Å². The zero-order valence-corrected chi connectivity index (χ0v) is 18.5. The van der Waals surface area contributed by atoms with Crippen molar-refractivity contribution in [1.82, 2.24) is 15.0 Å². The minimum atomic E-state index is -0.177. The summed E-state index contributed by atoms with van der Waals surface area (Å²) in [7, 11) is 0. The lowest BCUT2D eigenvalue weighted by molar-refractivity contribution is -0.0395. The number of nitrogens with zero attached hydrogens (tertiary/aromatic N) is 4. The highest BCUT2D eigenvalue weighted by Gasteiger charge is 2.33. The molecule has 0 saturated carbocycles. The number of pyridine rings is 1. The monoisotopic (exact) mass is 411 g/mol. The van der Waals surface area contributed by atoms with Crippen LogP contribution in [0.5, 0.6) is 0 Å². The first-order valence-electron chi connectivity index (χ1n) is 10.6. The Kier molecular flexibility index (Phi) is 4.62. The molecule has 3 aromatic heterocycles. The van der Waals surface area contributed by atoms with Gasteiger partial charge in [-0.2, -0.15) is 0 Å². The summed E-state index contributed by atoms with van der Waals surface area (Å²) in [5.74, 6) is 2.60. The molecule has 3 aromatic rings. The minimum Gasteiger partial charge on any atom is -0.370 e. The number of rotatable bonds is 4. The van der Waals surface area contributed by atoms with Gasteiger partial charge in [-0.3, -0.25) is 0 Å². The van der Waals surface area contributed by atoms with Gasteiger partial charge < -0.3 is 15.0 Å². The van der Waals surface area contributed by atoms with Crippen LogP contribution in [0.15, 0.2) is 6.33 Å². The molecule has 0 amide bonds. The normalized spacial score (nSPS) is 18.7. The molecule has 0 spiro atoms. The second-order valence-electron chi connectivity index (χ2n) is 9.27. The molecule has 154 valence electrons. The van der Waals surface area contributed by atoms with E-state index in [1.165, 1.54) is 29.4 Å². The largest absolute Gasteiger partial charge is 0.370 e. The van der Waals surface area contributed by atoms with Crippen LogP contribution < -0.4 is 10.2 Å². The van der Waals surface area contributed by atoms with Crippen molar-refractivity contribution in [2.24, 2.45) is 5.92 Å². The Labute approximate surface area is 175 Å². The molecule has 5 heterocycles. The predicted octanol–water partition coefficient (Wildman–Crippen LogP) is 4.76. The number of hydrogen-bond acceptors (Lipinski definition) is 7. The number of anilines is 2. The summed E-state index contributed by atoms with van der Waals surface area (Å²) in [5, 5.41) is 4.71. The van der Waals surface area contributed by atoms with Crippen LogP contribution in [0.2, 0.25) is 0 Å². The number of ether oxygens (including phenoxy) is 1. The third-order valence-corrected chi connectivity index (χ3v) is 6.97. The number of hydrogen-bond donors (Lipinski definition) is 1.